The molecule has 0 spiro atoms. The fraction of sp³-hybridized carbons (Fsp3) is 0.182. The average Bonchev–Trinajstić information content (AvgIpc) is 3.11. The van der Waals surface area contributed by atoms with Gasteiger partial charge in [-0.3, -0.25) is 9.59 Å². The zero-order valence-electron chi connectivity index (χ0n) is 15.1. The predicted octanol–water partition coefficient (Wildman–Crippen LogP) is 6.03. The monoisotopic (exact) mass is 378 g/mol. The van der Waals surface area contributed by atoms with Gasteiger partial charge in [0.1, 0.15) is 0 Å². The summed E-state index contributed by atoms with van der Waals surface area (Å²) in [5.74, 6) is -0.112. The Bertz CT molecular complexity index is 1020. The largest absolute Gasteiger partial charge is 0.289 e. The quantitative estimate of drug-likeness (QED) is 0.545. The van der Waals surface area contributed by atoms with Crippen molar-refractivity contribution in [3.63, 3.8) is 0 Å². The summed E-state index contributed by atoms with van der Waals surface area (Å²) in [7, 11) is 0. The molecular formula is C22H18O2S2. The highest BCUT2D eigenvalue weighted by Crippen LogP contribution is 2.42. The van der Waals surface area contributed by atoms with Gasteiger partial charge in [0.25, 0.3) is 0 Å². The van der Waals surface area contributed by atoms with Gasteiger partial charge in [-0.15, -0.1) is 22.7 Å². The van der Waals surface area contributed by atoms with Gasteiger partial charge in [0.15, 0.2) is 11.6 Å². The smallest absolute Gasteiger partial charge is 0.195 e. The van der Waals surface area contributed by atoms with Crippen LogP contribution in [-0.4, -0.2) is 11.6 Å². The first-order valence-corrected chi connectivity index (χ1v) is 10.1. The topological polar surface area (TPSA) is 34.1 Å². The van der Waals surface area contributed by atoms with Crippen LogP contribution in [-0.2, 0) is 0 Å². The SMILES string of the molecule is Cc1cc(C2=C(c3cc(C)sc3C)C(=O)c3ccccc3C2=O)c(C)s1. The van der Waals surface area contributed by atoms with Crippen LogP contribution in [0.2, 0.25) is 0 Å². The zero-order chi connectivity index (χ0) is 18.6. The average molecular weight is 379 g/mol. The van der Waals surface area contributed by atoms with Gasteiger partial charge in [-0.1, -0.05) is 24.3 Å². The highest BCUT2D eigenvalue weighted by molar-refractivity contribution is 7.12. The minimum absolute atomic E-state index is 0.0562. The normalized spacial score (nSPS) is 14.2. The van der Waals surface area contributed by atoms with Crippen molar-refractivity contribution >= 4 is 45.4 Å². The molecule has 26 heavy (non-hydrogen) atoms. The number of carbonyl (C=O) groups excluding carboxylic acids is 2. The molecular weight excluding hydrogens is 360 g/mol. The summed E-state index contributed by atoms with van der Waals surface area (Å²) in [5, 5.41) is 0. The van der Waals surface area contributed by atoms with Gasteiger partial charge in [0, 0.05) is 52.9 Å². The molecule has 1 aromatic carbocycles. The second kappa shape index (κ2) is 6.15. The summed E-state index contributed by atoms with van der Waals surface area (Å²) in [5.41, 5.74) is 3.89. The fourth-order valence-corrected chi connectivity index (χ4v) is 5.51. The molecule has 2 heterocycles. The minimum atomic E-state index is -0.0562. The van der Waals surface area contributed by atoms with E-state index in [0.717, 1.165) is 30.6 Å². The van der Waals surface area contributed by atoms with E-state index in [4.69, 9.17) is 0 Å². The maximum absolute atomic E-state index is 13.4. The van der Waals surface area contributed by atoms with E-state index in [1.165, 1.54) is 0 Å². The highest BCUT2D eigenvalue weighted by Gasteiger charge is 2.35. The number of thiophene rings is 2. The summed E-state index contributed by atoms with van der Waals surface area (Å²) in [6.45, 7) is 8.10. The first-order valence-electron chi connectivity index (χ1n) is 8.46. The standard InChI is InChI=1S/C22H18O2S2/c1-11-9-17(13(3)25-11)19-20(18-10-12(2)26-14(18)4)22(24)16-8-6-5-7-15(16)21(19)23/h5-10H,1-4H3. The number of Topliss-reactive ketones (excluding diaryl/α,β-unsaturated/α-hetero) is 2. The van der Waals surface area contributed by atoms with E-state index in [-0.39, 0.29) is 11.6 Å². The first kappa shape index (κ1) is 17.1. The third-order valence-electron chi connectivity index (χ3n) is 4.74. The molecule has 0 unspecified atom stereocenters. The Labute approximate surface area is 160 Å². The number of ketones is 2. The molecule has 3 aromatic rings. The van der Waals surface area contributed by atoms with Crippen LogP contribution in [0.4, 0.5) is 0 Å². The van der Waals surface area contributed by atoms with E-state index in [9.17, 15) is 9.59 Å². The second-order valence-electron chi connectivity index (χ2n) is 6.61. The molecule has 4 heteroatoms. The number of fused-ring (bicyclic) bond motifs is 1. The van der Waals surface area contributed by atoms with Crippen molar-refractivity contribution in [3.8, 4) is 0 Å². The molecule has 0 aliphatic heterocycles. The Morgan fingerprint density at radius 2 is 1.00 bits per heavy atom. The van der Waals surface area contributed by atoms with E-state index in [0.29, 0.717) is 22.3 Å². The van der Waals surface area contributed by atoms with Gasteiger partial charge in [-0.2, -0.15) is 0 Å². The molecule has 0 bridgehead atoms. The van der Waals surface area contributed by atoms with Gasteiger partial charge < -0.3 is 0 Å². The number of aryl methyl sites for hydroxylation is 4. The van der Waals surface area contributed by atoms with Gasteiger partial charge in [0.05, 0.1) is 0 Å². The maximum Gasteiger partial charge on any atom is 0.195 e. The molecule has 0 saturated carbocycles. The molecule has 1 aliphatic rings. The molecule has 0 N–H and O–H groups in total. The van der Waals surface area contributed by atoms with Gasteiger partial charge in [-0.25, -0.2) is 0 Å². The molecule has 0 fully saturated rings. The molecule has 0 radical (unpaired) electrons. The fourth-order valence-electron chi connectivity index (χ4n) is 3.65. The number of hydrogen-bond donors (Lipinski definition) is 0. The number of rotatable bonds is 2. The lowest BCUT2D eigenvalue weighted by Crippen LogP contribution is -2.21. The Morgan fingerprint density at radius 1 is 0.615 bits per heavy atom. The van der Waals surface area contributed by atoms with E-state index in [1.54, 1.807) is 34.8 Å². The van der Waals surface area contributed by atoms with Gasteiger partial charge in [0.2, 0.25) is 0 Å². The lowest BCUT2D eigenvalue weighted by Gasteiger charge is -2.21. The third-order valence-corrected chi connectivity index (χ3v) is 6.67. The molecule has 2 aromatic heterocycles. The van der Waals surface area contributed by atoms with Crippen LogP contribution in [0.15, 0.2) is 36.4 Å². The second-order valence-corrected chi connectivity index (χ2v) is 9.53. The van der Waals surface area contributed by atoms with Crippen molar-refractivity contribution in [1.82, 2.24) is 0 Å². The molecule has 0 atom stereocenters. The summed E-state index contributed by atoms with van der Waals surface area (Å²) in [4.78, 5) is 31.3. The van der Waals surface area contributed by atoms with Crippen molar-refractivity contribution < 1.29 is 9.59 Å². The van der Waals surface area contributed by atoms with E-state index < -0.39 is 0 Å². The van der Waals surface area contributed by atoms with Crippen LogP contribution in [0.1, 0.15) is 51.4 Å². The maximum atomic E-state index is 13.4. The lowest BCUT2D eigenvalue weighted by atomic mass is 9.79. The first-order chi connectivity index (χ1) is 12.4. The molecule has 1 aliphatic carbocycles. The highest BCUT2D eigenvalue weighted by atomic mass is 32.1. The van der Waals surface area contributed by atoms with Crippen molar-refractivity contribution in [2.75, 3.05) is 0 Å². The van der Waals surface area contributed by atoms with E-state index >= 15 is 0 Å². The zero-order valence-corrected chi connectivity index (χ0v) is 16.7. The van der Waals surface area contributed by atoms with Gasteiger partial charge >= 0.3 is 0 Å². The van der Waals surface area contributed by atoms with Crippen LogP contribution in [0.25, 0.3) is 11.1 Å². The van der Waals surface area contributed by atoms with Crippen molar-refractivity contribution in [2.24, 2.45) is 0 Å². The third kappa shape index (κ3) is 2.52. The Morgan fingerprint density at radius 3 is 1.31 bits per heavy atom. The van der Waals surface area contributed by atoms with Crippen LogP contribution in [0.5, 0.6) is 0 Å². The minimum Gasteiger partial charge on any atom is -0.289 e. The summed E-state index contributed by atoms with van der Waals surface area (Å²) in [6, 6.07) is 11.2. The van der Waals surface area contributed by atoms with E-state index in [1.807, 2.05) is 52.0 Å². The van der Waals surface area contributed by atoms with E-state index in [2.05, 4.69) is 0 Å². The summed E-state index contributed by atoms with van der Waals surface area (Å²) >= 11 is 3.32. The molecule has 2 nitrogen and oxygen atoms in total. The molecule has 0 amide bonds. The summed E-state index contributed by atoms with van der Waals surface area (Å²) < 4.78 is 0. The molecule has 0 saturated heterocycles. The Kier molecular flexibility index (Phi) is 4.05. The Balaban J connectivity index is 2.10. The van der Waals surface area contributed by atoms with Crippen molar-refractivity contribution in [3.05, 3.63) is 78.2 Å². The van der Waals surface area contributed by atoms with Crippen molar-refractivity contribution in [1.29, 1.82) is 0 Å². The number of carbonyl (C=O) groups is 2. The van der Waals surface area contributed by atoms with Crippen molar-refractivity contribution in [2.45, 2.75) is 27.7 Å². The number of allylic oxidation sites excluding steroid dienone is 2. The number of benzene rings is 1. The van der Waals surface area contributed by atoms with Gasteiger partial charge in [-0.05, 0) is 39.8 Å². The Hall–Kier alpha value is -2.30. The van der Waals surface area contributed by atoms with Crippen LogP contribution in [0, 0.1) is 27.7 Å². The molecule has 4 rings (SSSR count). The van der Waals surface area contributed by atoms with Crippen LogP contribution >= 0.6 is 22.7 Å². The number of hydrogen-bond acceptors (Lipinski definition) is 4. The van der Waals surface area contributed by atoms with Crippen LogP contribution in [0.3, 0.4) is 0 Å². The molecule has 130 valence electrons. The summed E-state index contributed by atoms with van der Waals surface area (Å²) in [6.07, 6.45) is 0. The van der Waals surface area contributed by atoms with Crippen LogP contribution < -0.4 is 0 Å². The predicted molar refractivity (Wildman–Crippen MR) is 110 cm³/mol. The lowest BCUT2D eigenvalue weighted by molar-refractivity contribution is 0.101.